The topological polar surface area (TPSA) is 377 Å². The number of benzene rings is 5. The molecule has 22 nitrogen and oxygen atoms in total. The van der Waals surface area contributed by atoms with E-state index in [1.807, 2.05) is 0 Å². The number of carbonyl (C=O) groups is 4. The Labute approximate surface area is 357 Å². The molecule has 0 radical (unpaired) electrons. The summed E-state index contributed by atoms with van der Waals surface area (Å²) in [5.41, 5.74) is -4.42. The summed E-state index contributed by atoms with van der Waals surface area (Å²) < 4.78 is 28.1. The van der Waals surface area contributed by atoms with E-state index in [0.29, 0.717) is 29.8 Å². The first-order valence-electron chi connectivity index (χ1n) is 18.5. The Hall–Kier alpha value is -8.50. The van der Waals surface area contributed by atoms with E-state index in [1.54, 1.807) is 12.1 Å². The van der Waals surface area contributed by atoms with Gasteiger partial charge in [0.1, 0.15) is 41.3 Å². The van der Waals surface area contributed by atoms with Gasteiger partial charge in [0.25, 0.3) is 0 Å². The molecule has 334 valence electrons. The molecule has 7 rings (SSSR count). The zero-order chi connectivity index (χ0) is 46.5. The molecule has 0 amide bonds. The van der Waals surface area contributed by atoms with Crippen LogP contribution in [0, 0.1) is 0 Å². The molecule has 0 aromatic heterocycles. The second-order valence-electron chi connectivity index (χ2n) is 14.3. The predicted molar refractivity (Wildman–Crippen MR) is 208 cm³/mol. The van der Waals surface area contributed by atoms with Crippen LogP contribution in [0.3, 0.4) is 0 Å². The lowest BCUT2D eigenvalue weighted by atomic mass is 9.92. The summed E-state index contributed by atoms with van der Waals surface area (Å²) in [7, 11) is 0. The van der Waals surface area contributed by atoms with Crippen LogP contribution in [0.4, 0.5) is 0 Å². The number of aliphatic hydroxyl groups excluding tert-OH is 1. The first kappa shape index (κ1) is 43.6. The molecule has 1 fully saturated rings. The Morgan fingerprint density at radius 2 is 1.22 bits per heavy atom. The number of aliphatic hydroxyl groups is 1. The van der Waals surface area contributed by atoms with E-state index >= 15 is 0 Å². The van der Waals surface area contributed by atoms with Crippen LogP contribution in [-0.4, -0.2) is 127 Å². The summed E-state index contributed by atoms with van der Waals surface area (Å²) in [4.78, 5) is 54.5. The fourth-order valence-electron chi connectivity index (χ4n) is 7.03. The molecule has 5 atom stereocenters. The van der Waals surface area contributed by atoms with Crippen LogP contribution >= 0.6 is 0 Å². The van der Waals surface area contributed by atoms with Crippen LogP contribution in [0.2, 0.25) is 0 Å². The lowest BCUT2D eigenvalue weighted by Crippen LogP contribution is -2.62. The third kappa shape index (κ3) is 8.03. The number of ether oxygens (including phenoxy) is 5. The van der Waals surface area contributed by atoms with E-state index < -0.39 is 163 Å². The van der Waals surface area contributed by atoms with Crippen LogP contribution in [-0.2, 0) is 25.4 Å². The van der Waals surface area contributed by atoms with E-state index in [9.17, 15) is 85.6 Å². The SMILES string of the molecule is O=C(O[C@@H]1[C@@H](O)[C@H](Oc2cc(O)c(C(=O)CCc3cccc(O)c3)c(O)c2)O[C@@H]2COC(=O)c3cc(O)c(O)c(O)c3-c3c(cc(O)c(O)c3O)C(=O)O[C@@H]12)c1cc(O)c(O)c(O)c1. The van der Waals surface area contributed by atoms with Crippen molar-refractivity contribution >= 4 is 23.7 Å². The highest BCUT2D eigenvalue weighted by atomic mass is 16.7. The Bertz CT molecular complexity index is 2700. The van der Waals surface area contributed by atoms with Gasteiger partial charge in [-0.05, 0) is 48.4 Å². The molecule has 1 saturated heterocycles. The molecule has 0 unspecified atom stereocenters. The Balaban J connectivity index is 1.28. The third-order valence-electron chi connectivity index (χ3n) is 10.1. The van der Waals surface area contributed by atoms with Gasteiger partial charge in [0.15, 0.2) is 64.3 Å². The number of hydrogen-bond donors (Lipinski definition) is 13. The average Bonchev–Trinajstić information content (AvgIpc) is 3.25. The highest BCUT2D eigenvalue weighted by Gasteiger charge is 2.52. The quantitative estimate of drug-likeness (QED) is 0.0461. The summed E-state index contributed by atoms with van der Waals surface area (Å²) in [6.07, 6.45) is -10.9. The van der Waals surface area contributed by atoms with Crippen molar-refractivity contribution in [2.24, 2.45) is 0 Å². The maximum atomic E-state index is 14.1. The number of phenolic OH excluding ortho intramolecular Hbond substituents is 12. The van der Waals surface area contributed by atoms with E-state index in [-0.39, 0.29) is 18.6 Å². The van der Waals surface area contributed by atoms with E-state index in [2.05, 4.69) is 0 Å². The summed E-state index contributed by atoms with van der Waals surface area (Å²) >= 11 is 0. The van der Waals surface area contributed by atoms with Gasteiger partial charge in [-0.1, -0.05) is 12.1 Å². The molecule has 0 spiro atoms. The number of fused-ring (bicyclic) bond motifs is 4. The molecule has 13 N–H and O–H groups in total. The molecule has 2 heterocycles. The molecule has 5 aromatic carbocycles. The number of cyclic esters (lactones) is 1. The smallest absolute Gasteiger partial charge is 0.339 e. The Kier molecular flexibility index (Phi) is 11.4. The van der Waals surface area contributed by atoms with Crippen LogP contribution in [0.15, 0.2) is 60.7 Å². The molecule has 5 aromatic rings. The molecule has 0 aliphatic carbocycles. The summed E-state index contributed by atoms with van der Waals surface area (Å²) in [5.74, 6) is -18.2. The molecule has 0 bridgehead atoms. The lowest BCUT2D eigenvalue weighted by molar-refractivity contribution is -0.276. The number of Topliss-reactive ketones (excluding diaryl/α,β-unsaturated/α-hetero) is 1. The monoisotopic (exact) mass is 890 g/mol. The molecule has 0 saturated carbocycles. The molecular formula is C42H34O22. The second-order valence-corrected chi connectivity index (χ2v) is 14.3. The van der Waals surface area contributed by atoms with Gasteiger partial charge in [-0.3, -0.25) is 4.79 Å². The number of carbonyl (C=O) groups excluding carboxylic acids is 4. The second kappa shape index (κ2) is 16.8. The lowest BCUT2D eigenvalue weighted by Gasteiger charge is -2.43. The third-order valence-corrected chi connectivity index (χ3v) is 10.1. The first-order chi connectivity index (χ1) is 30.2. The number of hydrogen-bond acceptors (Lipinski definition) is 22. The average molecular weight is 891 g/mol. The van der Waals surface area contributed by atoms with Crippen molar-refractivity contribution in [2.45, 2.75) is 43.5 Å². The van der Waals surface area contributed by atoms with Gasteiger partial charge in [-0.15, -0.1) is 0 Å². The summed E-state index contributed by atoms with van der Waals surface area (Å²) in [6, 6.07) is 10.0. The first-order valence-corrected chi connectivity index (χ1v) is 18.5. The molecular weight excluding hydrogens is 856 g/mol. The molecule has 22 heteroatoms. The predicted octanol–water partition coefficient (Wildman–Crippen LogP) is 2.72. The largest absolute Gasteiger partial charge is 0.508 e. The minimum Gasteiger partial charge on any atom is -0.508 e. The van der Waals surface area contributed by atoms with Crippen molar-refractivity contribution in [3.8, 4) is 85.9 Å². The van der Waals surface area contributed by atoms with Gasteiger partial charge in [-0.2, -0.15) is 0 Å². The maximum absolute atomic E-state index is 14.1. The number of aromatic hydroxyl groups is 12. The van der Waals surface area contributed by atoms with Crippen molar-refractivity contribution in [1.29, 1.82) is 0 Å². The zero-order valence-electron chi connectivity index (χ0n) is 32.3. The fourth-order valence-corrected chi connectivity index (χ4v) is 7.03. The standard InChI is InChI=1S/C42H34O22/c43-16-3-1-2-14(6-16)4-5-20(44)30-21(45)9-17(10-22(30)46)61-42-36(56)38(64-39(57)15-7-23(47)31(51)24(48)8-15)37-27(62-42)13-60-40(58)18-11-25(49)32(52)34(54)28(18)29-19(41(59)63-37)12-26(50)33(53)35(29)55/h1-3,6-12,27,36-38,42-43,45-56H,4-5,13H2/t27-,36-,37-,38-,42-/m1/s1. The van der Waals surface area contributed by atoms with Gasteiger partial charge in [0.05, 0.1) is 16.7 Å². The van der Waals surface area contributed by atoms with Crippen molar-refractivity contribution in [2.75, 3.05) is 6.61 Å². The van der Waals surface area contributed by atoms with E-state index in [4.69, 9.17) is 23.7 Å². The van der Waals surface area contributed by atoms with Gasteiger partial charge in [0, 0.05) is 29.7 Å². The zero-order valence-corrected chi connectivity index (χ0v) is 32.3. The number of ketones is 1. The number of rotatable bonds is 8. The van der Waals surface area contributed by atoms with Gasteiger partial charge >= 0.3 is 17.9 Å². The van der Waals surface area contributed by atoms with Crippen molar-refractivity contribution < 1.29 is 109 Å². The van der Waals surface area contributed by atoms with Crippen molar-refractivity contribution in [3.63, 3.8) is 0 Å². The van der Waals surface area contributed by atoms with Crippen LogP contribution < -0.4 is 4.74 Å². The van der Waals surface area contributed by atoms with Crippen molar-refractivity contribution in [3.05, 3.63) is 88.5 Å². The number of esters is 3. The molecule has 2 aliphatic heterocycles. The van der Waals surface area contributed by atoms with Crippen LogP contribution in [0.25, 0.3) is 11.1 Å². The normalized spacial score (nSPS) is 19.4. The highest BCUT2D eigenvalue weighted by molar-refractivity contribution is 6.08. The number of aryl methyl sites for hydroxylation is 1. The van der Waals surface area contributed by atoms with Crippen LogP contribution in [0.1, 0.15) is 53.4 Å². The summed E-state index contributed by atoms with van der Waals surface area (Å²) in [6.45, 7) is -1.07. The molecule has 2 aliphatic rings. The highest BCUT2D eigenvalue weighted by Crippen LogP contribution is 2.53. The van der Waals surface area contributed by atoms with Gasteiger partial charge in [-0.25, -0.2) is 14.4 Å². The Morgan fingerprint density at radius 3 is 1.80 bits per heavy atom. The van der Waals surface area contributed by atoms with E-state index in [0.717, 1.165) is 12.1 Å². The van der Waals surface area contributed by atoms with Gasteiger partial charge in [0.2, 0.25) is 17.8 Å². The molecule has 64 heavy (non-hydrogen) atoms. The number of phenols is 12. The minimum atomic E-state index is -2.32. The van der Waals surface area contributed by atoms with Crippen molar-refractivity contribution in [1.82, 2.24) is 0 Å². The Morgan fingerprint density at radius 1 is 0.656 bits per heavy atom. The maximum Gasteiger partial charge on any atom is 0.339 e. The van der Waals surface area contributed by atoms with Gasteiger partial charge < -0.3 is 90.1 Å². The van der Waals surface area contributed by atoms with Crippen LogP contribution in [0.5, 0.6) is 74.7 Å². The van der Waals surface area contributed by atoms with E-state index in [1.165, 1.54) is 12.1 Å². The fraction of sp³-hybridized carbons (Fsp3) is 0.190. The summed E-state index contributed by atoms with van der Waals surface area (Å²) in [5, 5.41) is 137. The minimum absolute atomic E-state index is 0.0528.